The van der Waals surface area contributed by atoms with Crippen LogP contribution in [0.25, 0.3) is 0 Å². The molecule has 0 bridgehead atoms. The van der Waals surface area contributed by atoms with Crippen LogP contribution >= 0.6 is 0 Å². The van der Waals surface area contributed by atoms with Crippen LogP contribution in [0.15, 0.2) is 65.7 Å². The normalized spacial score (nSPS) is 11.0. The first-order valence-corrected chi connectivity index (χ1v) is 11.3. The molecule has 1 amide bonds. The fourth-order valence-electron chi connectivity index (χ4n) is 2.70. The molecule has 0 unspecified atom stereocenters. The maximum Gasteiger partial charge on any atom is 0.264 e. The SMILES string of the molecule is CCc1ccc(OCCC(=O)Nc2ccc(S(=O)(=O)Nc3nccc(C)n3)cc2)cc1. The minimum atomic E-state index is -3.83. The Kier molecular flexibility index (Phi) is 7.19. The van der Waals surface area contributed by atoms with Gasteiger partial charge in [0.1, 0.15) is 5.75 Å². The number of rotatable bonds is 9. The van der Waals surface area contributed by atoms with Crippen LogP contribution in [0.4, 0.5) is 11.6 Å². The Balaban J connectivity index is 1.51. The predicted molar refractivity (Wildman–Crippen MR) is 119 cm³/mol. The molecular weight excluding hydrogens is 416 g/mol. The molecule has 0 spiro atoms. The predicted octanol–water partition coefficient (Wildman–Crippen LogP) is 3.56. The van der Waals surface area contributed by atoms with Gasteiger partial charge in [0.05, 0.1) is 17.9 Å². The number of anilines is 2. The van der Waals surface area contributed by atoms with Crippen molar-refractivity contribution in [1.29, 1.82) is 0 Å². The van der Waals surface area contributed by atoms with Gasteiger partial charge in [0.2, 0.25) is 11.9 Å². The second-order valence-corrected chi connectivity index (χ2v) is 8.48. The first-order valence-electron chi connectivity index (χ1n) is 9.80. The molecule has 1 aromatic heterocycles. The number of aromatic nitrogens is 2. The number of nitrogens with one attached hydrogen (secondary N) is 2. The van der Waals surface area contributed by atoms with Crippen LogP contribution in [0.3, 0.4) is 0 Å². The molecule has 3 aromatic rings. The quantitative estimate of drug-likeness (QED) is 0.526. The van der Waals surface area contributed by atoms with Gasteiger partial charge < -0.3 is 10.1 Å². The zero-order valence-corrected chi connectivity index (χ0v) is 18.1. The van der Waals surface area contributed by atoms with Crippen molar-refractivity contribution in [2.45, 2.75) is 31.6 Å². The van der Waals surface area contributed by atoms with Crippen LogP contribution < -0.4 is 14.8 Å². The molecule has 0 aliphatic carbocycles. The summed E-state index contributed by atoms with van der Waals surface area (Å²) in [6, 6.07) is 15.3. The maximum atomic E-state index is 12.5. The van der Waals surface area contributed by atoms with E-state index < -0.39 is 10.0 Å². The third-order valence-electron chi connectivity index (χ3n) is 4.40. The van der Waals surface area contributed by atoms with Crippen LogP contribution in [0, 0.1) is 6.92 Å². The second kappa shape index (κ2) is 10.0. The van der Waals surface area contributed by atoms with Gasteiger partial charge in [-0.15, -0.1) is 0 Å². The third kappa shape index (κ3) is 6.51. The first kappa shape index (κ1) is 22.2. The molecular formula is C22H24N4O4S. The van der Waals surface area contributed by atoms with Crippen molar-refractivity contribution in [3.05, 3.63) is 72.1 Å². The molecule has 0 saturated carbocycles. The Morgan fingerprint density at radius 3 is 2.39 bits per heavy atom. The van der Waals surface area contributed by atoms with Gasteiger partial charge in [-0.1, -0.05) is 19.1 Å². The van der Waals surface area contributed by atoms with E-state index in [2.05, 4.69) is 26.9 Å². The summed E-state index contributed by atoms with van der Waals surface area (Å²) in [5.74, 6) is 0.485. The summed E-state index contributed by atoms with van der Waals surface area (Å²) >= 11 is 0. The largest absolute Gasteiger partial charge is 0.493 e. The van der Waals surface area contributed by atoms with Gasteiger partial charge >= 0.3 is 0 Å². The van der Waals surface area contributed by atoms with E-state index in [9.17, 15) is 13.2 Å². The van der Waals surface area contributed by atoms with Gasteiger partial charge in [0.25, 0.3) is 10.0 Å². The smallest absolute Gasteiger partial charge is 0.264 e. The number of aryl methyl sites for hydroxylation is 2. The minimum Gasteiger partial charge on any atom is -0.493 e. The first-order chi connectivity index (χ1) is 14.9. The van der Waals surface area contributed by atoms with E-state index in [0.29, 0.717) is 17.1 Å². The van der Waals surface area contributed by atoms with E-state index in [1.807, 2.05) is 24.3 Å². The highest BCUT2D eigenvalue weighted by atomic mass is 32.2. The molecule has 0 fully saturated rings. The van der Waals surface area contributed by atoms with Gasteiger partial charge in [-0.3, -0.25) is 4.79 Å². The molecule has 0 aliphatic heterocycles. The van der Waals surface area contributed by atoms with Crippen molar-refractivity contribution in [1.82, 2.24) is 9.97 Å². The Labute approximate surface area is 181 Å². The van der Waals surface area contributed by atoms with E-state index in [0.717, 1.165) is 6.42 Å². The minimum absolute atomic E-state index is 0.00159. The highest BCUT2D eigenvalue weighted by Gasteiger charge is 2.16. The van der Waals surface area contributed by atoms with Crippen LogP contribution in [0.2, 0.25) is 0 Å². The molecule has 1 heterocycles. The highest BCUT2D eigenvalue weighted by Crippen LogP contribution is 2.17. The molecule has 162 valence electrons. The Morgan fingerprint density at radius 2 is 1.74 bits per heavy atom. The lowest BCUT2D eigenvalue weighted by atomic mass is 10.2. The topological polar surface area (TPSA) is 110 Å². The summed E-state index contributed by atoms with van der Waals surface area (Å²) in [5.41, 5.74) is 2.35. The average molecular weight is 441 g/mol. The van der Waals surface area contributed by atoms with E-state index >= 15 is 0 Å². The number of sulfonamides is 1. The Bertz CT molecular complexity index is 1130. The van der Waals surface area contributed by atoms with Gasteiger partial charge in [-0.05, 0) is 61.4 Å². The fourth-order valence-corrected chi connectivity index (χ4v) is 3.65. The van der Waals surface area contributed by atoms with Crippen LogP contribution in [-0.2, 0) is 21.2 Å². The maximum absolute atomic E-state index is 12.5. The lowest BCUT2D eigenvalue weighted by molar-refractivity contribution is -0.116. The number of amides is 1. The van der Waals surface area contributed by atoms with Crippen LogP contribution in [-0.4, -0.2) is 30.9 Å². The molecule has 0 aliphatic rings. The zero-order valence-electron chi connectivity index (χ0n) is 17.3. The molecule has 0 radical (unpaired) electrons. The monoisotopic (exact) mass is 440 g/mol. The van der Waals surface area contributed by atoms with E-state index in [4.69, 9.17) is 4.74 Å². The number of carbonyl (C=O) groups is 1. The van der Waals surface area contributed by atoms with Crippen molar-refractivity contribution < 1.29 is 17.9 Å². The van der Waals surface area contributed by atoms with Gasteiger partial charge in [-0.2, -0.15) is 0 Å². The Hall–Kier alpha value is -3.46. The molecule has 31 heavy (non-hydrogen) atoms. The molecule has 3 rings (SSSR count). The van der Waals surface area contributed by atoms with E-state index in [-0.39, 0.29) is 29.8 Å². The Morgan fingerprint density at radius 1 is 1.03 bits per heavy atom. The number of carbonyl (C=O) groups excluding carboxylic acids is 1. The molecule has 8 nitrogen and oxygen atoms in total. The van der Waals surface area contributed by atoms with Gasteiger partial charge in [0, 0.05) is 17.6 Å². The van der Waals surface area contributed by atoms with E-state index in [1.165, 1.54) is 36.0 Å². The van der Waals surface area contributed by atoms with Crippen LogP contribution in [0.5, 0.6) is 5.75 Å². The summed E-state index contributed by atoms with van der Waals surface area (Å²) in [6.07, 6.45) is 2.60. The summed E-state index contributed by atoms with van der Waals surface area (Å²) < 4.78 is 32.9. The molecule has 2 N–H and O–H groups in total. The van der Waals surface area contributed by atoms with Crippen LogP contribution in [0.1, 0.15) is 24.6 Å². The second-order valence-electron chi connectivity index (χ2n) is 6.80. The molecule has 9 heteroatoms. The number of ether oxygens (including phenoxy) is 1. The zero-order chi connectivity index (χ0) is 22.3. The fraction of sp³-hybridized carbons (Fsp3) is 0.227. The summed E-state index contributed by atoms with van der Waals surface area (Å²) in [6.45, 7) is 4.06. The van der Waals surface area contributed by atoms with Crippen molar-refractivity contribution >= 4 is 27.6 Å². The highest BCUT2D eigenvalue weighted by molar-refractivity contribution is 7.92. The van der Waals surface area contributed by atoms with Gasteiger partial charge in [-0.25, -0.2) is 23.1 Å². The molecule has 2 aromatic carbocycles. The van der Waals surface area contributed by atoms with E-state index in [1.54, 1.807) is 13.0 Å². The summed E-state index contributed by atoms with van der Waals surface area (Å²) in [7, 11) is -3.83. The number of hydrogen-bond donors (Lipinski definition) is 2. The molecule has 0 atom stereocenters. The van der Waals surface area contributed by atoms with Gasteiger partial charge in [0.15, 0.2) is 0 Å². The third-order valence-corrected chi connectivity index (χ3v) is 5.74. The summed E-state index contributed by atoms with van der Waals surface area (Å²) in [5, 5.41) is 2.72. The average Bonchev–Trinajstić information content (AvgIpc) is 2.74. The van der Waals surface area contributed by atoms with Crippen molar-refractivity contribution in [2.24, 2.45) is 0 Å². The number of nitrogens with zero attached hydrogens (tertiary/aromatic N) is 2. The standard InChI is InChI=1S/C22H24N4O4S/c1-3-17-4-8-19(9-5-17)30-15-13-21(27)25-18-6-10-20(11-7-18)31(28,29)26-22-23-14-12-16(2)24-22/h4-12,14H,3,13,15H2,1-2H3,(H,25,27)(H,23,24,26). The molecule has 0 saturated heterocycles. The number of benzene rings is 2. The van der Waals surface area contributed by atoms with Crippen molar-refractivity contribution in [3.63, 3.8) is 0 Å². The summed E-state index contributed by atoms with van der Waals surface area (Å²) in [4.78, 5) is 20.1. The van der Waals surface area contributed by atoms with Crippen molar-refractivity contribution in [3.8, 4) is 5.75 Å². The van der Waals surface area contributed by atoms with Crippen molar-refractivity contribution in [2.75, 3.05) is 16.6 Å². The lowest BCUT2D eigenvalue weighted by Crippen LogP contribution is -2.16. The number of hydrogen-bond acceptors (Lipinski definition) is 6. The lowest BCUT2D eigenvalue weighted by Gasteiger charge is -2.09.